The first kappa shape index (κ1) is 18.3. The maximum Gasteiger partial charge on any atom is 0.251 e. The Hall–Kier alpha value is -2.04. The maximum absolute atomic E-state index is 12.5. The molecule has 0 aliphatic heterocycles. The fourth-order valence-electron chi connectivity index (χ4n) is 2.38. The zero-order chi connectivity index (χ0) is 17.5. The first-order valence-electron chi connectivity index (χ1n) is 7.74. The van der Waals surface area contributed by atoms with Crippen LogP contribution in [0.5, 0.6) is 5.75 Å². The Morgan fingerprint density at radius 3 is 2.58 bits per heavy atom. The van der Waals surface area contributed by atoms with E-state index in [-0.39, 0.29) is 5.91 Å². The van der Waals surface area contributed by atoms with Crippen LogP contribution < -0.4 is 4.74 Å². The summed E-state index contributed by atoms with van der Waals surface area (Å²) in [7, 11) is 3.34. The lowest BCUT2D eigenvalue weighted by Gasteiger charge is -2.22. The Labute approximate surface area is 147 Å². The first-order valence-corrected chi connectivity index (χ1v) is 8.12. The van der Waals surface area contributed by atoms with Gasteiger partial charge in [0.15, 0.2) is 0 Å². The number of carbonyl (C=O) groups is 1. The molecule has 0 radical (unpaired) electrons. The molecule has 0 aliphatic carbocycles. The minimum atomic E-state index is -0.527. The summed E-state index contributed by atoms with van der Waals surface area (Å²) in [4.78, 5) is 14.1. The third-order valence-electron chi connectivity index (χ3n) is 3.72. The molecule has 0 spiro atoms. The summed E-state index contributed by atoms with van der Waals surface area (Å²) in [6.07, 6.45) is -0.527. The number of nitrogens with zero attached hydrogens (tertiary/aromatic N) is 1. The fraction of sp³-hybridized carbons (Fsp3) is 0.316. The van der Waals surface area contributed by atoms with Crippen molar-refractivity contribution in [3.05, 3.63) is 64.7 Å². The van der Waals surface area contributed by atoms with Gasteiger partial charge in [-0.05, 0) is 30.7 Å². The van der Waals surface area contributed by atoms with E-state index in [1.54, 1.807) is 44.2 Å². The number of ether oxygens (including phenoxy) is 2. The van der Waals surface area contributed by atoms with Gasteiger partial charge in [-0.25, -0.2) is 0 Å². The number of methoxy groups -OCH3 is 1. The van der Waals surface area contributed by atoms with Gasteiger partial charge in [-0.2, -0.15) is 0 Å². The molecule has 1 amide bonds. The summed E-state index contributed by atoms with van der Waals surface area (Å²) < 4.78 is 11.0. The van der Waals surface area contributed by atoms with Gasteiger partial charge in [-0.1, -0.05) is 41.9 Å². The van der Waals surface area contributed by atoms with Crippen molar-refractivity contribution in [1.29, 1.82) is 0 Å². The molecule has 0 saturated heterocycles. The summed E-state index contributed by atoms with van der Waals surface area (Å²) >= 11 is 6.03. The van der Waals surface area contributed by atoms with Gasteiger partial charge in [0, 0.05) is 24.2 Å². The molecule has 24 heavy (non-hydrogen) atoms. The Kier molecular flexibility index (Phi) is 6.64. The molecule has 0 fully saturated rings. The molecule has 2 aromatic carbocycles. The van der Waals surface area contributed by atoms with Crippen molar-refractivity contribution in [3.63, 3.8) is 0 Å². The lowest BCUT2D eigenvalue weighted by atomic mass is 10.2. The number of hydrogen-bond donors (Lipinski definition) is 0. The molecule has 0 aliphatic rings. The molecular weight excluding hydrogens is 326 g/mol. The molecule has 2 rings (SSSR count). The molecule has 0 N–H and O–H groups in total. The van der Waals surface area contributed by atoms with Crippen LogP contribution in [0.2, 0.25) is 5.02 Å². The maximum atomic E-state index is 12.5. The lowest BCUT2D eigenvalue weighted by molar-refractivity contribution is -0.142. The normalized spacial score (nSPS) is 11.8. The van der Waals surface area contributed by atoms with E-state index in [9.17, 15) is 4.79 Å². The number of likely N-dealkylation sites (N-methyl/N-ethyl adjacent to an activating group) is 1. The zero-order valence-electron chi connectivity index (χ0n) is 14.2. The summed E-state index contributed by atoms with van der Waals surface area (Å²) in [5.41, 5.74) is 1.90. The van der Waals surface area contributed by atoms with E-state index in [0.29, 0.717) is 23.9 Å². The van der Waals surface area contributed by atoms with Gasteiger partial charge < -0.3 is 14.4 Å². The molecule has 0 bridgehead atoms. The lowest BCUT2D eigenvalue weighted by Crippen LogP contribution is -2.35. The van der Waals surface area contributed by atoms with Crippen LogP contribution in [0.3, 0.4) is 0 Å². The molecule has 1 atom stereocenters. The summed E-state index contributed by atoms with van der Waals surface area (Å²) in [6.45, 7) is 2.57. The summed E-state index contributed by atoms with van der Waals surface area (Å²) in [6, 6.07) is 15.1. The van der Waals surface area contributed by atoms with E-state index in [2.05, 4.69) is 0 Å². The molecule has 0 heterocycles. The van der Waals surface area contributed by atoms with Crippen LogP contribution in [-0.4, -0.2) is 31.1 Å². The summed E-state index contributed by atoms with van der Waals surface area (Å²) in [5.74, 6) is 0.616. The van der Waals surface area contributed by atoms with Crippen LogP contribution in [0, 0.1) is 0 Å². The van der Waals surface area contributed by atoms with Crippen molar-refractivity contribution in [1.82, 2.24) is 4.90 Å². The highest BCUT2D eigenvalue weighted by Gasteiger charge is 2.19. The largest absolute Gasteiger partial charge is 0.496 e. The quantitative estimate of drug-likeness (QED) is 0.762. The minimum absolute atomic E-state index is 0.0899. The average Bonchev–Trinajstić information content (AvgIpc) is 2.60. The van der Waals surface area contributed by atoms with Crippen LogP contribution in [0.1, 0.15) is 18.1 Å². The van der Waals surface area contributed by atoms with Gasteiger partial charge in [0.05, 0.1) is 13.7 Å². The SMILES string of the molecule is COc1ccc(Cl)cc1CN(C)C(=O)C(C)OCc1ccccc1. The van der Waals surface area contributed by atoms with E-state index in [1.165, 1.54) is 0 Å². The number of benzene rings is 2. The van der Waals surface area contributed by atoms with Crippen LogP contribution in [0.4, 0.5) is 0 Å². The second-order valence-corrected chi connectivity index (χ2v) is 6.03. The van der Waals surface area contributed by atoms with E-state index in [4.69, 9.17) is 21.1 Å². The predicted octanol–water partition coefficient (Wildman–Crippen LogP) is 3.91. The third kappa shape index (κ3) is 4.98. The van der Waals surface area contributed by atoms with Crippen molar-refractivity contribution < 1.29 is 14.3 Å². The number of halogens is 1. The van der Waals surface area contributed by atoms with Crippen molar-refractivity contribution in [3.8, 4) is 5.75 Å². The smallest absolute Gasteiger partial charge is 0.251 e. The Morgan fingerprint density at radius 2 is 1.92 bits per heavy atom. The van der Waals surface area contributed by atoms with Crippen molar-refractivity contribution in [2.75, 3.05) is 14.2 Å². The Bertz CT molecular complexity index is 676. The molecule has 4 nitrogen and oxygen atoms in total. The first-order chi connectivity index (χ1) is 11.5. The second kappa shape index (κ2) is 8.71. The van der Waals surface area contributed by atoms with E-state index in [0.717, 1.165) is 11.1 Å². The van der Waals surface area contributed by atoms with Crippen LogP contribution >= 0.6 is 11.6 Å². The average molecular weight is 348 g/mol. The number of rotatable bonds is 7. The topological polar surface area (TPSA) is 38.8 Å². The fourth-order valence-corrected chi connectivity index (χ4v) is 2.58. The molecular formula is C19H22ClNO3. The van der Waals surface area contributed by atoms with Gasteiger partial charge >= 0.3 is 0 Å². The van der Waals surface area contributed by atoms with Crippen LogP contribution in [0.25, 0.3) is 0 Å². The third-order valence-corrected chi connectivity index (χ3v) is 3.95. The van der Waals surface area contributed by atoms with Crippen molar-refractivity contribution in [2.24, 2.45) is 0 Å². The second-order valence-electron chi connectivity index (χ2n) is 5.59. The number of carbonyl (C=O) groups excluding carboxylic acids is 1. The van der Waals surface area contributed by atoms with E-state index in [1.807, 2.05) is 30.3 Å². The molecule has 1 unspecified atom stereocenters. The van der Waals surface area contributed by atoms with Crippen LogP contribution in [0.15, 0.2) is 48.5 Å². The minimum Gasteiger partial charge on any atom is -0.496 e. The number of hydrogen-bond acceptors (Lipinski definition) is 3. The molecule has 0 aromatic heterocycles. The van der Waals surface area contributed by atoms with Gasteiger partial charge in [-0.15, -0.1) is 0 Å². The molecule has 5 heteroatoms. The van der Waals surface area contributed by atoms with Crippen molar-refractivity contribution >= 4 is 17.5 Å². The van der Waals surface area contributed by atoms with Gasteiger partial charge in [0.2, 0.25) is 0 Å². The Balaban J connectivity index is 1.95. The highest BCUT2D eigenvalue weighted by Crippen LogP contribution is 2.24. The highest BCUT2D eigenvalue weighted by molar-refractivity contribution is 6.30. The van der Waals surface area contributed by atoms with E-state index >= 15 is 0 Å². The van der Waals surface area contributed by atoms with Gasteiger partial charge in [0.25, 0.3) is 5.91 Å². The van der Waals surface area contributed by atoms with Crippen LogP contribution in [-0.2, 0) is 22.7 Å². The highest BCUT2D eigenvalue weighted by atomic mass is 35.5. The van der Waals surface area contributed by atoms with Gasteiger partial charge in [0.1, 0.15) is 11.9 Å². The summed E-state index contributed by atoms with van der Waals surface area (Å²) in [5, 5.41) is 0.611. The molecule has 0 saturated carbocycles. The zero-order valence-corrected chi connectivity index (χ0v) is 14.9. The monoisotopic (exact) mass is 347 g/mol. The standard InChI is InChI=1S/C19H22ClNO3/c1-14(24-13-15-7-5-4-6-8-15)19(22)21(2)12-16-11-17(20)9-10-18(16)23-3/h4-11,14H,12-13H2,1-3H3. The predicted molar refractivity (Wildman–Crippen MR) is 95.2 cm³/mol. The molecule has 2 aromatic rings. The van der Waals surface area contributed by atoms with Crippen molar-refractivity contribution in [2.45, 2.75) is 26.2 Å². The van der Waals surface area contributed by atoms with E-state index < -0.39 is 6.10 Å². The van der Waals surface area contributed by atoms with Gasteiger partial charge in [-0.3, -0.25) is 4.79 Å². The molecule has 128 valence electrons. The Morgan fingerprint density at radius 1 is 1.21 bits per heavy atom. The number of amides is 1.